The minimum Gasteiger partial charge on any atom is -0.316 e. The monoisotopic (exact) mass is 252 g/mol. The summed E-state index contributed by atoms with van der Waals surface area (Å²) in [5.74, 6) is 2.07. The first-order valence-corrected chi connectivity index (χ1v) is 8.10. The fourth-order valence-electron chi connectivity index (χ4n) is 3.86. The van der Waals surface area contributed by atoms with Crippen LogP contribution in [0.2, 0.25) is 0 Å². The number of nitrogens with zero attached hydrogens (tertiary/aromatic N) is 1. The third-order valence-electron chi connectivity index (χ3n) is 5.24. The smallest absolute Gasteiger partial charge is 0.00476 e. The van der Waals surface area contributed by atoms with E-state index in [1.54, 1.807) is 0 Å². The molecule has 1 N–H and O–H groups in total. The van der Waals surface area contributed by atoms with E-state index >= 15 is 0 Å². The molecule has 2 nitrogen and oxygen atoms in total. The number of nitrogens with one attached hydrogen (secondary N) is 1. The minimum atomic E-state index is 0.466. The molecular formula is C16H32N2. The van der Waals surface area contributed by atoms with Crippen molar-refractivity contribution in [2.45, 2.75) is 52.9 Å². The second-order valence-corrected chi connectivity index (χ2v) is 6.99. The highest BCUT2D eigenvalue weighted by molar-refractivity contribution is 4.91. The van der Waals surface area contributed by atoms with Crippen molar-refractivity contribution >= 4 is 0 Å². The zero-order valence-electron chi connectivity index (χ0n) is 12.7. The van der Waals surface area contributed by atoms with Gasteiger partial charge in [-0.3, -0.25) is 0 Å². The van der Waals surface area contributed by atoms with Gasteiger partial charge >= 0.3 is 0 Å². The van der Waals surface area contributed by atoms with E-state index in [0.717, 1.165) is 11.8 Å². The summed E-state index contributed by atoms with van der Waals surface area (Å²) in [4.78, 5) is 2.76. The van der Waals surface area contributed by atoms with Gasteiger partial charge in [0.25, 0.3) is 0 Å². The Kier molecular flexibility index (Phi) is 5.08. The van der Waals surface area contributed by atoms with Gasteiger partial charge in [-0.1, -0.05) is 27.2 Å². The molecular weight excluding hydrogens is 220 g/mol. The van der Waals surface area contributed by atoms with Gasteiger partial charge < -0.3 is 10.2 Å². The molecule has 2 aliphatic rings. The van der Waals surface area contributed by atoms with Gasteiger partial charge in [0, 0.05) is 26.2 Å². The summed E-state index contributed by atoms with van der Waals surface area (Å²) in [5, 5.41) is 3.62. The Balaban J connectivity index is 1.79. The third-order valence-corrected chi connectivity index (χ3v) is 5.24. The highest BCUT2D eigenvalue weighted by Crippen LogP contribution is 2.39. The maximum absolute atomic E-state index is 3.62. The topological polar surface area (TPSA) is 15.3 Å². The van der Waals surface area contributed by atoms with Crippen molar-refractivity contribution in [3.05, 3.63) is 0 Å². The molecule has 18 heavy (non-hydrogen) atoms. The predicted octanol–water partition coefficient (Wildman–Crippen LogP) is 3.13. The van der Waals surface area contributed by atoms with Crippen LogP contribution < -0.4 is 5.32 Å². The Morgan fingerprint density at radius 3 is 2.39 bits per heavy atom. The predicted molar refractivity (Wildman–Crippen MR) is 78.8 cm³/mol. The van der Waals surface area contributed by atoms with Crippen molar-refractivity contribution in [1.29, 1.82) is 0 Å². The number of hydrogen-bond acceptors (Lipinski definition) is 2. The van der Waals surface area contributed by atoms with Crippen LogP contribution in [0.1, 0.15) is 52.9 Å². The molecule has 1 aliphatic heterocycles. The zero-order valence-corrected chi connectivity index (χ0v) is 12.7. The van der Waals surface area contributed by atoms with Crippen LogP contribution in [-0.2, 0) is 0 Å². The van der Waals surface area contributed by atoms with Crippen LogP contribution in [0.4, 0.5) is 0 Å². The number of hydrogen-bond donors (Lipinski definition) is 1. The fraction of sp³-hybridized carbons (Fsp3) is 1.00. The number of likely N-dealkylation sites (tertiary alicyclic amines) is 1. The molecule has 3 atom stereocenters. The van der Waals surface area contributed by atoms with Crippen LogP contribution in [-0.4, -0.2) is 37.6 Å². The molecule has 0 aromatic carbocycles. The molecule has 1 heterocycles. The van der Waals surface area contributed by atoms with E-state index in [1.165, 1.54) is 64.8 Å². The summed E-state index contributed by atoms with van der Waals surface area (Å²) in [6.45, 7) is 13.5. The standard InChI is InChI=1S/C16H32N2/c1-4-9-17-12-16(3,5-2)13-18-10-14-7-6-8-15(14)11-18/h14-15,17H,4-13H2,1-3H3. The largest absolute Gasteiger partial charge is 0.316 e. The van der Waals surface area contributed by atoms with Crippen LogP contribution in [0.5, 0.6) is 0 Å². The van der Waals surface area contributed by atoms with Crippen molar-refractivity contribution in [3.63, 3.8) is 0 Å². The summed E-state index contributed by atoms with van der Waals surface area (Å²) in [6, 6.07) is 0. The van der Waals surface area contributed by atoms with E-state index in [9.17, 15) is 0 Å². The highest BCUT2D eigenvalue weighted by atomic mass is 15.2. The van der Waals surface area contributed by atoms with Crippen LogP contribution in [0.3, 0.4) is 0 Å². The van der Waals surface area contributed by atoms with Crippen LogP contribution in [0, 0.1) is 17.3 Å². The molecule has 3 unspecified atom stereocenters. The summed E-state index contributed by atoms with van der Waals surface area (Å²) in [6.07, 6.45) is 7.02. The van der Waals surface area contributed by atoms with E-state index < -0.39 is 0 Å². The molecule has 0 aromatic heterocycles. The molecule has 106 valence electrons. The molecule has 1 saturated heterocycles. The normalized spacial score (nSPS) is 31.5. The number of rotatable bonds is 7. The summed E-state index contributed by atoms with van der Waals surface area (Å²) in [5.41, 5.74) is 0.466. The molecule has 0 bridgehead atoms. The number of fused-ring (bicyclic) bond motifs is 1. The van der Waals surface area contributed by atoms with Gasteiger partial charge in [-0.15, -0.1) is 0 Å². The maximum atomic E-state index is 3.62. The lowest BCUT2D eigenvalue weighted by molar-refractivity contribution is 0.171. The minimum absolute atomic E-state index is 0.466. The first kappa shape index (κ1) is 14.3. The average molecular weight is 252 g/mol. The van der Waals surface area contributed by atoms with Gasteiger partial charge in [-0.2, -0.15) is 0 Å². The van der Waals surface area contributed by atoms with E-state index in [0.29, 0.717) is 5.41 Å². The molecule has 0 amide bonds. The lowest BCUT2D eigenvalue weighted by Crippen LogP contribution is -2.41. The SMILES string of the molecule is CCCNCC(C)(CC)CN1CC2CCCC2C1. The van der Waals surface area contributed by atoms with E-state index in [1.807, 2.05) is 0 Å². The molecule has 0 radical (unpaired) electrons. The first-order chi connectivity index (χ1) is 8.67. The molecule has 2 rings (SSSR count). The van der Waals surface area contributed by atoms with Crippen molar-refractivity contribution in [3.8, 4) is 0 Å². The highest BCUT2D eigenvalue weighted by Gasteiger charge is 2.38. The Hall–Kier alpha value is -0.0800. The van der Waals surface area contributed by atoms with Gasteiger partial charge in [0.05, 0.1) is 0 Å². The Labute approximate surface area is 114 Å². The summed E-state index contributed by atoms with van der Waals surface area (Å²) in [7, 11) is 0. The summed E-state index contributed by atoms with van der Waals surface area (Å²) < 4.78 is 0. The second kappa shape index (κ2) is 6.38. The molecule has 0 aromatic rings. The molecule has 1 saturated carbocycles. The van der Waals surface area contributed by atoms with Crippen molar-refractivity contribution < 1.29 is 0 Å². The van der Waals surface area contributed by atoms with Gasteiger partial charge in [0.2, 0.25) is 0 Å². The molecule has 2 fully saturated rings. The molecule has 2 heteroatoms. The van der Waals surface area contributed by atoms with Gasteiger partial charge in [0.1, 0.15) is 0 Å². The Morgan fingerprint density at radius 2 is 1.83 bits per heavy atom. The van der Waals surface area contributed by atoms with Crippen molar-refractivity contribution in [1.82, 2.24) is 10.2 Å². The lowest BCUT2D eigenvalue weighted by Gasteiger charge is -2.33. The molecule has 1 aliphatic carbocycles. The van der Waals surface area contributed by atoms with Crippen molar-refractivity contribution in [2.24, 2.45) is 17.3 Å². The van der Waals surface area contributed by atoms with Gasteiger partial charge in [-0.05, 0) is 49.5 Å². The first-order valence-electron chi connectivity index (χ1n) is 8.10. The van der Waals surface area contributed by atoms with E-state index in [-0.39, 0.29) is 0 Å². The Morgan fingerprint density at radius 1 is 1.17 bits per heavy atom. The van der Waals surface area contributed by atoms with Gasteiger partial charge in [0.15, 0.2) is 0 Å². The Bertz CT molecular complexity index is 241. The van der Waals surface area contributed by atoms with E-state index in [4.69, 9.17) is 0 Å². The average Bonchev–Trinajstić information content (AvgIpc) is 2.90. The third kappa shape index (κ3) is 3.48. The fourth-order valence-corrected chi connectivity index (χ4v) is 3.86. The second-order valence-electron chi connectivity index (χ2n) is 6.99. The quantitative estimate of drug-likeness (QED) is 0.700. The van der Waals surface area contributed by atoms with Crippen molar-refractivity contribution in [2.75, 3.05) is 32.7 Å². The van der Waals surface area contributed by atoms with Gasteiger partial charge in [-0.25, -0.2) is 0 Å². The van der Waals surface area contributed by atoms with Crippen LogP contribution in [0.25, 0.3) is 0 Å². The van der Waals surface area contributed by atoms with E-state index in [2.05, 4.69) is 31.0 Å². The molecule has 0 spiro atoms. The van der Waals surface area contributed by atoms with Crippen LogP contribution >= 0.6 is 0 Å². The summed E-state index contributed by atoms with van der Waals surface area (Å²) >= 11 is 0. The zero-order chi connectivity index (χ0) is 13.0. The van der Waals surface area contributed by atoms with Crippen LogP contribution in [0.15, 0.2) is 0 Å². The maximum Gasteiger partial charge on any atom is 0.00476 e. The lowest BCUT2D eigenvalue weighted by atomic mass is 9.86.